The summed E-state index contributed by atoms with van der Waals surface area (Å²) in [5.41, 5.74) is 7.14. The van der Waals surface area contributed by atoms with Crippen molar-refractivity contribution in [1.82, 2.24) is 0 Å². The molecule has 0 saturated heterocycles. The first-order valence-electron chi connectivity index (χ1n) is 6.96. The van der Waals surface area contributed by atoms with E-state index in [0.29, 0.717) is 11.7 Å². The molecule has 0 bridgehead atoms. The molecule has 2 atom stereocenters. The van der Waals surface area contributed by atoms with Gasteiger partial charge in [0.15, 0.2) is 0 Å². The maximum atomic E-state index is 13.3. The van der Waals surface area contributed by atoms with Crippen LogP contribution < -0.4 is 10.5 Å². The molecule has 0 radical (unpaired) electrons. The molecule has 1 aromatic carbocycles. The largest absolute Gasteiger partial charge is 0.490 e. The maximum Gasteiger partial charge on any atom is 0.127 e. The molecule has 1 saturated carbocycles. The Kier molecular flexibility index (Phi) is 3.25. The average molecular weight is 249 g/mol. The molecule has 3 heteroatoms. The smallest absolute Gasteiger partial charge is 0.127 e. The molecule has 2 nitrogen and oxygen atoms in total. The molecule has 0 amide bonds. The van der Waals surface area contributed by atoms with Gasteiger partial charge in [0.1, 0.15) is 17.7 Å². The summed E-state index contributed by atoms with van der Waals surface area (Å²) in [5.74, 6) is 1.01. The van der Waals surface area contributed by atoms with Crippen LogP contribution in [0.5, 0.6) is 5.75 Å². The number of fused-ring (bicyclic) bond motifs is 1. The Bertz CT molecular complexity index is 429. The van der Waals surface area contributed by atoms with Gasteiger partial charge in [-0.05, 0) is 24.8 Å². The topological polar surface area (TPSA) is 35.2 Å². The first-order chi connectivity index (χ1) is 8.74. The van der Waals surface area contributed by atoms with Crippen molar-refractivity contribution in [3.05, 3.63) is 29.6 Å². The fraction of sp³-hybridized carbons (Fsp3) is 0.600. The number of benzene rings is 1. The van der Waals surface area contributed by atoms with Crippen molar-refractivity contribution >= 4 is 0 Å². The van der Waals surface area contributed by atoms with Crippen LogP contribution in [0.1, 0.15) is 50.1 Å². The SMILES string of the molecule is N[C@@H]1CC(C2CCCCC2)Oc2cc(F)ccc21. The summed E-state index contributed by atoms with van der Waals surface area (Å²) in [6.45, 7) is 0. The van der Waals surface area contributed by atoms with Crippen molar-refractivity contribution in [3.63, 3.8) is 0 Å². The van der Waals surface area contributed by atoms with Gasteiger partial charge in [0, 0.05) is 24.1 Å². The standard InChI is InChI=1S/C15H20FNO/c16-11-6-7-12-13(17)9-14(18-15(12)8-11)10-4-2-1-3-5-10/h6-8,10,13-14H,1-5,9,17H2/t13-,14?/m1/s1. The molecule has 2 N–H and O–H groups in total. The summed E-state index contributed by atoms with van der Waals surface area (Å²) in [6.07, 6.45) is 7.40. The molecule has 0 spiro atoms. The summed E-state index contributed by atoms with van der Waals surface area (Å²) in [4.78, 5) is 0. The molecule has 0 aromatic heterocycles. The van der Waals surface area contributed by atoms with Crippen LogP contribution in [0.25, 0.3) is 0 Å². The summed E-state index contributed by atoms with van der Waals surface area (Å²) in [5, 5.41) is 0. The van der Waals surface area contributed by atoms with E-state index in [9.17, 15) is 4.39 Å². The van der Waals surface area contributed by atoms with Crippen LogP contribution in [0.2, 0.25) is 0 Å². The minimum atomic E-state index is -0.245. The van der Waals surface area contributed by atoms with Crippen LogP contribution in [0, 0.1) is 11.7 Å². The minimum absolute atomic E-state index is 0.0127. The summed E-state index contributed by atoms with van der Waals surface area (Å²) < 4.78 is 19.3. The first-order valence-corrected chi connectivity index (χ1v) is 6.96. The fourth-order valence-corrected chi connectivity index (χ4v) is 3.30. The minimum Gasteiger partial charge on any atom is -0.490 e. The van der Waals surface area contributed by atoms with Crippen LogP contribution in [-0.2, 0) is 0 Å². The van der Waals surface area contributed by atoms with E-state index in [2.05, 4.69) is 0 Å². The van der Waals surface area contributed by atoms with Crippen molar-refractivity contribution in [2.75, 3.05) is 0 Å². The van der Waals surface area contributed by atoms with Gasteiger partial charge in [0.05, 0.1) is 0 Å². The summed E-state index contributed by atoms with van der Waals surface area (Å²) in [6, 6.07) is 4.68. The second-order valence-corrected chi connectivity index (χ2v) is 5.58. The number of nitrogens with two attached hydrogens (primary N) is 1. The van der Waals surface area contributed by atoms with E-state index in [1.165, 1.54) is 44.2 Å². The maximum absolute atomic E-state index is 13.3. The number of hydrogen-bond donors (Lipinski definition) is 1. The molecular formula is C15H20FNO. The lowest BCUT2D eigenvalue weighted by Gasteiger charge is -2.36. The van der Waals surface area contributed by atoms with Crippen LogP contribution >= 0.6 is 0 Å². The van der Waals surface area contributed by atoms with Gasteiger partial charge in [-0.2, -0.15) is 0 Å². The molecule has 18 heavy (non-hydrogen) atoms. The van der Waals surface area contributed by atoms with Gasteiger partial charge in [-0.3, -0.25) is 0 Å². The second kappa shape index (κ2) is 4.88. The van der Waals surface area contributed by atoms with Crippen molar-refractivity contribution in [2.24, 2.45) is 11.7 Å². The summed E-state index contributed by atoms with van der Waals surface area (Å²) in [7, 11) is 0. The quantitative estimate of drug-likeness (QED) is 0.826. The first kappa shape index (κ1) is 12.0. The van der Waals surface area contributed by atoms with Gasteiger partial charge >= 0.3 is 0 Å². The molecule has 98 valence electrons. The third-order valence-corrected chi connectivity index (χ3v) is 4.32. The van der Waals surface area contributed by atoms with Crippen LogP contribution in [0.15, 0.2) is 18.2 Å². The van der Waals surface area contributed by atoms with Gasteiger partial charge < -0.3 is 10.5 Å². The Labute approximate surface area is 107 Å². The zero-order valence-corrected chi connectivity index (χ0v) is 10.6. The van der Waals surface area contributed by atoms with E-state index in [1.807, 2.05) is 0 Å². The Balaban J connectivity index is 1.81. The predicted octanol–water partition coefficient (Wildman–Crippen LogP) is 3.56. The third kappa shape index (κ3) is 2.24. The van der Waals surface area contributed by atoms with Crippen molar-refractivity contribution < 1.29 is 9.13 Å². The van der Waals surface area contributed by atoms with E-state index in [4.69, 9.17) is 10.5 Å². The molecule has 3 rings (SSSR count). The van der Waals surface area contributed by atoms with E-state index < -0.39 is 0 Å². The highest BCUT2D eigenvalue weighted by atomic mass is 19.1. The zero-order valence-electron chi connectivity index (χ0n) is 10.6. The number of ether oxygens (including phenoxy) is 1. The highest BCUT2D eigenvalue weighted by Gasteiger charge is 2.32. The predicted molar refractivity (Wildman–Crippen MR) is 68.9 cm³/mol. The molecule has 1 aliphatic carbocycles. The van der Waals surface area contributed by atoms with Crippen LogP contribution in [0.4, 0.5) is 4.39 Å². The Hall–Kier alpha value is -1.09. The molecule has 1 aliphatic heterocycles. The van der Waals surface area contributed by atoms with Crippen molar-refractivity contribution in [3.8, 4) is 5.75 Å². The highest BCUT2D eigenvalue weighted by molar-refractivity contribution is 5.38. The molecule has 1 aromatic rings. The van der Waals surface area contributed by atoms with E-state index >= 15 is 0 Å². The van der Waals surface area contributed by atoms with Gasteiger partial charge in [0.2, 0.25) is 0 Å². The third-order valence-electron chi connectivity index (χ3n) is 4.32. The lowest BCUT2D eigenvalue weighted by Crippen LogP contribution is -2.36. The van der Waals surface area contributed by atoms with Crippen LogP contribution in [-0.4, -0.2) is 6.10 Å². The van der Waals surface area contributed by atoms with Gasteiger partial charge in [-0.15, -0.1) is 0 Å². The second-order valence-electron chi connectivity index (χ2n) is 5.58. The van der Waals surface area contributed by atoms with Gasteiger partial charge in [-0.25, -0.2) is 4.39 Å². The molecular weight excluding hydrogens is 229 g/mol. The summed E-state index contributed by atoms with van der Waals surface area (Å²) >= 11 is 0. The lowest BCUT2D eigenvalue weighted by atomic mass is 9.81. The van der Waals surface area contributed by atoms with E-state index in [1.54, 1.807) is 6.07 Å². The molecule has 2 aliphatic rings. The Morgan fingerprint density at radius 2 is 1.94 bits per heavy atom. The molecule has 1 fully saturated rings. The molecule has 1 unspecified atom stereocenters. The lowest BCUT2D eigenvalue weighted by molar-refractivity contribution is 0.0780. The van der Waals surface area contributed by atoms with Gasteiger partial charge in [-0.1, -0.05) is 25.3 Å². The van der Waals surface area contributed by atoms with Crippen molar-refractivity contribution in [1.29, 1.82) is 0 Å². The molecule has 1 heterocycles. The number of rotatable bonds is 1. The average Bonchev–Trinajstić information content (AvgIpc) is 2.39. The Morgan fingerprint density at radius 1 is 1.17 bits per heavy atom. The number of hydrogen-bond acceptors (Lipinski definition) is 2. The highest BCUT2D eigenvalue weighted by Crippen LogP contribution is 2.39. The monoisotopic (exact) mass is 249 g/mol. The van der Waals surface area contributed by atoms with Gasteiger partial charge in [0.25, 0.3) is 0 Å². The number of halogens is 1. The van der Waals surface area contributed by atoms with E-state index in [-0.39, 0.29) is 18.0 Å². The Morgan fingerprint density at radius 3 is 2.72 bits per heavy atom. The zero-order chi connectivity index (χ0) is 12.5. The normalized spacial score (nSPS) is 28.6. The van der Waals surface area contributed by atoms with E-state index in [0.717, 1.165) is 12.0 Å². The fourth-order valence-electron chi connectivity index (χ4n) is 3.30. The van der Waals surface area contributed by atoms with Crippen LogP contribution in [0.3, 0.4) is 0 Å². The van der Waals surface area contributed by atoms with Crippen molar-refractivity contribution in [2.45, 2.75) is 50.7 Å².